The van der Waals surface area contributed by atoms with Crippen LogP contribution in [0.3, 0.4) is 0 Å². The normalized spacial score (nSPS) is 14.6. The average molecular weight is 722 g/mol. The highest BCUT2D eigenvalue weighted by Crippen LogP contribution is 2.68. The fraction of sp³-hybridized carbons (Fsp3) is 0.0357. The molecule has 0 atom stereocenters. The van der Waals surface area contributed by atoms with E-state index in [2.05, 4.69) is 217 Å². The number of rotatable bonds is 2. The molecule has 1 aromatic heterocycles. The number of benzene rings is 9. The van der Waals surface area contributed by atoms with Gasteiger partial charge in [-0.2, -0.15) is 0 Å². The highest BCUT2D eigenvalue weighted by molar-refractivity contribution is 6.19. The molecular weight excluding hydrogens is 687 g/mol. The van der Waals surface area contributed by atoms with Crippen molar-refractivity contribution in [2.75, 3.05) is 0 Å². The monoisotopic (exact) mass is 721 g/mol. The Labute approximate surface area is 331 Å². The highest BCUT2D eigenvalue weighted by atomic mass is 15.0. The van der Waals surface area contributed by atoms with Crippen molar-refractivity contribution in [2.24, 2.45) is 0 Å². The van der Waals surface area contributed by atoms with Crippen molar-refractivity contribution >= 4 is 21.8 Å². The van der Waals surface area contributed by atoms with E-state index in [-0.39, 0.29) is 0 Å². The smallest absolute Gasteiger partial charge is 0.0720 e. The van der Waals surface area contributed by atoms with E-state index in [0.29, 0.717) is 0 Å². The maximum Gasteiger partial charge on any atom is 0.0720 e. The van der Waals surface area contributed by atoms with Crippen LogP contribution in [-0.4, -0.2) is 4.57 Å². The molecule has 0 bridgehead atoms. The predicted molar refractivity (Wildman–Crippen MR) is 234 cm³/mol. The molecule has 57 heavy (non-hydrogen) atoms. The summed E-state index contributed by atoms with van der Waals surface area (Å²) >= 11 is 0. The summed E-state index contributed by atoms with van der Waals surface area (Å²) in [7, 11) is 0. The molecule has 0 N–H and O–H groups in total. The third-order valence-electron chi connectivity index (χ3n) is 13.5. The van der Waals surface area contributed by atoms with Gasteiger partial charge in [-0.3, -0.25) is 0 Å². The second-order valence-corrected chi connectivity index (χ2v) is 15.8. The molecule has 9 aromatic carbocycles. The second kappa shape index (κ2) is 11.2. The lowest BCUT2D eigenvalue weighted by Crippen LogP contribution is -2.43. The van der Waals surface area contributed by atoms with E-state index in [0.717, 1.165) is 0 Å². The third kappa shape index (κ3) is 3.66. The number of hydrogen-bond donors (Lipinski definition) is 0. The summed E-state index contributed by atoms with van der Waals surface area (Å²) in [4.78, 5) is 0. The summed E-state index contributed by atoms with van der Waals surface area (Å²) in [6.07, 6.45) is 0. The molecule has 1 heteroatoms. The fourth-order valence-electron chi connectivity index (χ4n) is 11.6. The number of hydrogen-bond acceptors (Lipinski definition) is 0. The molecule has 13 rings (SSSR count). The van der Waals surface area contributed by atoms with Gasteiger partial charge in [-0.25, -0.2) is 0 Å². The Bertz CT molecular complexity index is 3210. The second-order valence-electron chi connectivity index (χ2n) is 15.8. The van der Waals surface area contributed by atoms with Crippen LogP contribution in [0.2, 0.25) is 0 Å². The van der Waals surface area contributed by atoms with E-state index in [1.807, 2.05) is 0 Å². The van der Waals surface area contributed by atoms with E-state index in [1.54, 1.807) is 0 Å². The van der Waals surface area contributed by atoms with E-state index < -0.39 is 10.8 Å². The number of fused-ring (bicyclic) bond motifs is 20. The van der Waals surface area contributed by atoms with Crippen molar-refractivity contribution in [3.8, 4) is 39.1 Å². The minimum Gasteiger partial charge on any atom is -0.309 e. The lowest BCUT2D eigenvalue weighted by Gasteiger charge is -2.48. The zero-order valence-electron chi connectivity index (χ0n) is 31.2. The molecule has 10 aromatic rings. The summed E-state index contributed by atoms with van der Waals surface area (Å²) in [5, 5.41) is 2.58. The van der Waals surface area contributed by atoms with Crippen LogP contribution < -0.4 is 0 Å². The average Bonchev–Trinajstić information content (AvgIpc) is 3.89. The van der Waals surface area contributed by atoms with Gasteiger partial charge >= 0.3 is 0 Å². The zero-order valence-corrected chi connectivity index (χ0v) is 31.2. The summed E-state index contributed by atoms with van der Waals surface area (Å²) < 4.78 is 2.50. The van der Waals surface area contributed by atoms with Crippen molar-refractivity contribution < 1.29 is 0 Å². The Morgan fingerprint density at radius 2 is 0.719 bits per heavy atom. The van der Waals surface area contributed by atoms with Crippen LogP contribution in [0, 0.1) is 0 Å². The summed E-state index contributed by atoms with van der Waals surface area (Å²) in [6, 6.07) is 79.8. The van der Waals surface area contributed by atoms with Gasteiger partial charge in [0.1, 0.15) is 0 Å². The maximum absolute atomic E-state index is 2.50. The first-order valence-electron chi connectivity index (χ1n) is 20.0. The molecule has 3 aliphatic carbocycles. The number of nitrogens with zero attached hydrogens (tertiary/aromatic N) is 1. The molecule has 0 fully saturated rings. The van der Waals surface area contributed by atoms with Gasteiger partial charge in [-0.1, -0.05) is 194 Å². The van der Waals surface area contributed by atoms with E-state index >= 15 is 0 Å². The first-order chi connectivity index (χ1) is 28.3. The summed E-state index contributed by atoms with van der Waals surface area (Å²) in [6.45, 7) is 0. The first kappa shape index (κ1) is 31.0. The Morgan fingerprint density at radius 1 is 0.281 bits per heavy atom. The molecule has 3 aliphatic rings. The Hall–Kier alpha value is -7.22. The van der Waals surface area contributed by atoms with Gasteiger partial charge in [0.05, 0.1) is 27.6 Å². The van der Waals surface area contributed by atoms with Gasteiger partial charge in [0, 0.05) is 16.3 Å². The Balaban J connectivity index is 1.18. The molecule has 0 unspecified atom stereocenters. The minimum atomic E-state index is -0.532. The fourth-order valence-corrected chi connectivity index (χ4v) is 11.6. The lowest BCUT2D eigenvalue weighted by molar-refractivity contribution is 0.633. The molecule has 2 spiro atoms. The third-order valence-corrected chi connectivity index (χ3v) is 13.5. The SMILES string of the molecule is c1ccc(-c2ccccc2-n2c3ccccc3c3c4c(ccc32)C2(c3ccccc3-4)c3ccccc3C3(c4ccccc4-c4ccccc43)c3ccccc32)cc1. The van der Waals surface area contributed by atoms with Crippen molar-refractivity contribution in [3.63, 3.8) is 0 Å². The highest BCUT2D eigenvalue weighted by Gasteiger charge is 2.59. The van der Waals surface area contributed by atoms with Crippen molar-refractivity contribution in [1.29, 1.82) is 0 Å². The van der Waals surface area contributed by atoms with Crippen LogP contribution in [0.5, 0.6) is 0 Å². The molecule has 1 heterocycles. The van der Waals surface area contributed by atoms with Gasteiger partial charge in [0.2, 0.25) is 0 Å². The molecule has 264 valence electrons. The molecule has 0 aliphatic heterocycles. The van der Waals surface area contributed by atoms with Gasteiger partial charge in [-0.05, 0) is 90.5 Å². The molecular formula is C56H35N. The molecule has 1 nitrogen and oxygen atoms in total. The van der Waals surface area contributed by atoms with Crippen LogP contribution in [0.1, 0.15) is 44.5 Å². The van der Waals surface area contributed by atoms with Crippen LogP contribution in [-0.2, 0) is 10.8 Å². The predicted octanol–water partition coefficient (Wildman–Crippen LogP) is 13.5. The van der Waals surface area contributed by atoms with E-state index in [4.69, 9.17) is 0 Å². The van der Waals surface area contributed by atoms with Crippen molar-refractivity contribution in [2.45, 2.75) is 10.8 Å². The topological polar surface area (TPSA) is 4.93 Å². The van der Waals surface area contributed by atoms with E-state index in [1.165, 1.54) is 105 Å². The van der Waals surface area contributed by atoms with Gasteiger partial charge in [-0.15, -0.1) is 0 Å². The maximum atomic E-state index is 2.50. The molecule has 0 saturated carbocycles. The molecule has 0 amide bonds. The summed E-state index contributed by atoms with van der Waals surface area (Å²) in [5.41, 5.74) is 21.2. The zero-order chi connectivity index (χ0) is 37.3. The van der Waals surface area contributed by atoms with Gasteiger partial charge in [0.15, 0.2) is 0 Å². The molecule has 0 radical (unpaired) electrons. The van der Waals surface area contributed by atoms with Crippen molar-refractivity contribution in [3.05, 3.63) is 257 Å². The van der Waals surface area contributed by atoms with Crippen LogP contribution in [0.4, 0.5) is 0 Å². The molecule has 0 saturated heterocycles. The summed E-state index contributed by atoms with van der Waals surface area (Å²) in [5.74, 6) is 0. The minimum absolute atomic E-state index is 0.454. The number of aromatic nitrogens is 1. The van der Waals surface area contributed by atoms with E-state index in [9.17, 15) is 0 Å². The van der Waals surface area contributed by atoms with Crippen molar-refractivity contribution in [1.82, 2.24) is 4.57 Å². The first-order valence-corrected chi connectivity index (χ1v) is 20.0. The quantitative estimate of drug-likeness (QED) is 0.167. The van der Waals surface area contributed by atoms with Gasteiger partial charge in [0.25, 0.3) is 0 Å². The van der Waals surface area contributed by atoms with Crippen LogP contribution >= 0.6 is 0 Å². The van der Waals surface area contributed by atoms with Crippen LogP contribution in [0.25, 0.3) is 60.9 Å². The Morgan fingerprint density at radius 3 is 1.33 bits per heavy atom. The largest absolute Gasteiger partial charge is 0.309 e. The Kier molecular flexibility index (Phi) is 6.09. The lowest BCUT2D eigenvalue weighted by atomic mass is 9.52. The van der Waals surface area contributed by atoms with Crippen LogP contribution in [0.15, 0.2) is 212 Å². The number of para-hydroxylation sites is 2. The van der Waals surface area contributed by atoms with Gasteiger partial charge < -0.3 is 4.57 Å². The standard InChI is InChI=1S/C56H35N/c1-2-18-36(19-3-1)37-20-7-16-32-50(37)57-51-33-17-8-24-41(51)54-52(57)35-34-49-53(54)40-23-6-11-27-44(40)56(49)47-30-14-12-28-45(47)55(46-29-13-15-31-48(46)56)42-25-9-4-21-38(42)39-22-5-10-26-43(39)55/h1-35H.